The summed E-state index contributed by atoms with van der Waals surface area (Å²) in [4.78, 5) is 26.7. The summed E-state index contributed by atoms with van der Waals surface area (Å²) in [5.41, 5.74) is 2.86. The quantitative estimate of drug-likeness (QED) is 0.878. The summed E-state index contributed by atoms with van der Waals surface area (Å²) in [6.45, 7) is 0.876. The van der Waals surface area contributed by atoms with Gasteiger partial charge >= 0.3 is 0 Å². The molecule has 2 aliphatic heterocycles. The molecule has 0 aromatic heterocycles. The molecular weight excluding hydrogens is 326 g/mol. The van der Waals surface area contributed by atoms with Crippen LogP contribution in [-0.4, -0.2) is 24.4 Å². The summed E-state index contributed by atoms with van der Waals surface area (Å²) >= 11 is 5.84. The van der Waals surface area contributed by atoms with Crippen LogP contribution in [0.4, 0.5) is 17.1 Å². The highest BCUT2D eigenvalue weighted by atomic mass is 35.5. The van der Waals surface area contributed by atoms with E-state index in [-0.39, 0.29) is 17.9 Å². The molecule has 2 aromatic rings. The number of fused-ring (bicyclic) bond motifs is 3. The third kappa shape index (κ3) is 2.61. The van der Waals surface area contributed by atoms with E-state index in [4.69, 9.17) is 11.6 Å². The number of hydrogen-bond acceptors (Lipinski definition) is 3. The molecule has 24 heavy (non-hydrogen) atoms. The number of halogens is 1. The molecule has 0 saturated carbocycles. The van der Waals surface area contributed by atoms with Crippen LogP contribution < -0.4 is 15.5 Å². The predicted molar refractivity (Wildman–Crippen MR) is 94.8 cm³/mol. The Hall–Kier alpha value is -2.53. The van der Waals surface area contributed by atoms with Crippen molar-refractivity contribution in [3.05, 3.63) is 53.1 Å². The van der Waals surface area contributed by atoms with E-state index in [1.165, 1.54) is 0 Å². The normalized spacial score (nSPS) is 18.6. The Labute approximate surface area is 144 Å². The Kier molecular flexibility index (Phi) is 3.65. The zero-order valence-electron chi connectivity index (χ0n) is 12.9. The second kappa shape index (κ2) is 5.83. The second-order valence-corrected chi connectivity index (χ2v) is 6.47. The van der Waals surface area contributed by atoms with Crippen molar-refractivity contribution >= 4 is 40.5 Å². The topological polar surface area (TPSA) is 61.4 Å². The lowest BCUT2D eigenvalue weighted by molar-refractivity contribution is -0.117. The van der Waals surface area contributed by atoms with Crippen molar-refractivity contribution in [2.45, 2.75) is 18.9 Å². The average Bonchev–Trinajstić information content (AvgIpc) is 3.07. The lowest BCUT2D eigenvalue weighted by Gasteiger charge is -2.33. The molecule has 1 saturated heterocycles. The third-order valence-corrected chi connectivity index (χ3v) is 4.74. The van der Waals surface area contributed by atoms with Crippen molar-refractivity contribution in [1.29, 1.82) is 0 Å². The molecule has 5 nitrogen and oxygen atoms in total. The highest BCUT2D eigenvalue weighted by Crippen LogP contribution is 2.37. The minimum Gasteiger partial charge on any atom is -0.358 e. The Bertz CT molecular complexity index is 820. The molecule has 2 aliphatic rings. The summed E-state index contributed by atoms with van der Waals surface area (Å²) in [7, 11) is 0. The number of benzene rings is 2. The molecule has 0 unspecified atom stereocenters. The standard InChI is InChI=1S/C18H16ClN3O2/c19-12-4-6-13(7-5-12)20-17(23)11-3-8-15-14(10-11)21-18(24)16-2-1-9-22(15)16/h3-8,10,16H,1-2,9H2,(H,20,23)(H,21,24)/t16-/m1/s1. The molecule has 0 spiro atoms. The molecule has 2 amide bonds. The molecule has 0 bridgehead atoms. The molecular formula is C18H16ClN3O2. The van der Waals surface area contributed by atoms with Gasteiger partial charge in [-0.05, 0) is 55.3 Å². The van der Waals surface area contributed by atoms with Gasteiger partial charge in [-0.1, -0.05) is 11.6 Å². The lowest BCUT2D eigenvalue weighted by atomic mass is 10.1. The Morgan fingerprint density at radius 2 is 2.00 bits per heavy atom. The summed E-state index contributed by atoms with van der Waals surface area (Å²) in [6, 6.07) is 12.3. The SMILES string of the molecule is O=C(Nc1ccc(Cl)cc1)c1ccc2c(c1)NC(=O)[C@H]1CCCN21. The van der Waals surface area contributed by atoms with Crippen LogP contribution in [0.3, 0.4) is 0 Å². The number of hydrogen-bond donors (Lipinski definition) is 2. The summed E-state index contributed by atoms with van der Waals surface area (Å²) in [5, 5.41) is 6.36. The molecule has 2 heterocycles. The van der Waals surface area contributed by atoms with E-state index >= 15 is 0 Å². The van der Waals surface area contributed by atoms with Crippen LogP contribution >= 0.6 is 11.6 Å². The van der Waals surface area contributed by atoms with Crippen LogP contribution in [0.15, 0.2) is 42.5 Å². The van der Waals surface area contributed by atoms with Crippen LogP contribution in [0, 0.1) is 0 Å². The van der Waals surface area contributed by atoms with Gasteiger partial charge in [0.1, 0.15) is 6.04 Å². The van der Waals surface area contributed by atoms with Gasteiger partial charge in [0, 0.05) is 22.8 Å². The van der Waals surface area contributed by atoms with Gasteiger partial charge in [-0.15, -0.1) is 0 Å². The number of rotatable bonds is 2. The Balaban J connectivity index is 1.59. The number of anilines is 3. The third-order valence-electron chi connectivity index (χ3n) is 4.48. The molecule has 122 valence electrons. The van der Waals surface area contributed by atoms with Crippen molar-refractivity contribution in [3.8, 4) is 0 Å². The van der Waals surface area contributed by atoms with Crippen LogP contribution in [-0.2, 0) is 4.79 Å². The van der Waals surface area contributed by atoms with Gasteiger partial charge in [0.2, 0.25) is 5.91 Å². The summed E-state index contributed by atoms with van der Waals surface area (Å²) < 4.78 is 0. The predicted octanol–water partition coefficient (Wildman–Crippen LogP) is 3.51. The van der Waals surface area contributed by atoms with Crippen LogP contribution in [0.1, 0.15) is 23.2 Å². The number of nitrogens with one attached hydrogen (secondary N) is 2. The maximum absolute atomic E-state index is 12.4. The first-order chi connectivity index (χ1) is 11.6. The number of nitrogens with zero attached hydrogens (tertiary/aromatic N) is 1. The number of carbonyl (C=O) groups is 2. The van der Waals surface area contributed by atoms with Crippen molar-refractivity contribution in [3.63, 3.8) is 0 Å². The fraction of sp³-hybridized carbons (Fsp3) is 0.222. The van der Waals surface area contributed by atoms with E-state index in [0.29, 0.717) is 22.0 Å². The van der Waals surface area contributed by atoms with Crippen molar-refractivity contribution in [2.75, 3.05) is 22.1 Å². The lowest BCUT2D eigenvalue weighted by Crippen LogP contribution is -2.43. The molecule has 1 atom stereocenters. The van der Waals surface area contributed by atoms with E-state index in [9.17, 15) is 9.59 Å². The van der Waals surface area contributed by atoms with Gasteiger partial charge in [-0.25, -0.2) is 0 Å². The Morgan fingerprint density at radius 3 is 2.79 bits per heavy atom. The van der Waals surface area contributed by atoms with E-state index in [0.717, 1.165) is 25.1 Å². The van der Waals surface area contributed by atoms with E-state index < -0.39 is 0 Å². The molecule has 0 radical (unpaired) electrons. The van der Waals surface area contributed by atoms with Gasteiger partial charge < -0.3 is 15.5 Å². The molecule has 0 aliphatic carbocycles. The molecule has 4 rings (SSSR count). The molecule has 2 aromatic carbocycles. The molecule has 1 fully saturated rings. The summed E-state index contributed by atoms with van der Waals surface area (Å²) in [5.74, 6) is -0.215. The van der Waals surface area contributed by atoms with Crippen molar-refractivity contribution < 1.29 is 9.59 Å². The van der Waals surface area contributed by atoms with Gasteiger partial charge in [-0.3, -0.25) is 9.59 Å². The average molecular weight is 342 g/mol. The highest BCUT2D eigenvalue weighted by molar-refractivity contribution is 6.30. The van der Waals surface area contributed by atoms with Crippen molar-refractivity contribution in [2.24, 2.45) is 0 Å². The molecule has 2 N–H and O–H groups in total. The minimum absolute atomic E-state index is 0.00950. The largest absolute Gasteiger partial charge is 0.358 e. The second-order valence-electron chi connectivity index (χ2n) is 6.03. The maximum Gasteiger partial charge on any atom is 0.255 e. The zero-order valence-corrected chi connectivity index (χ0v) is 13.6. The van der Waals surface area contributed by atoms with Gasteiger partial charge in [0.15, 0.2) is 0 Å². The fourth-order valence-electron chi connectivity index (χ4n) is 3.31. The monoisotopic (exact) mass is 341 g/mol. The first-order valence-electron chi connectivity index (χ1n) is 7.90. The van der Waals surface area contributed by atoms with Crippen LogP contribution in [0.25, 0.3) is 0 Å². The van der Waals surface area contributed by atoms with Crippen molar-refractivity contribution in [1.82, 2.24) is 0 Å². The first kappa shape index (κ1) is 15.0. The molecule has 6 heteroatoms. The van der Waals surface area contributed by atoms with Gasteiger partial charge in [-0.2, -0.15) is 0 Å². The summed E-state index contributed by atoms with van der Waals surface area (Å²) in [6.07, 6.45) is 1.89. The van der Waals surface area contributed by atoms with Gasteiger partial charge in [0.05, 0.1) is 11.4 Å². The maximum atomic E-state index is 12.4. The fourth-order valence-corrected chi connectivity index (χ4v) is 3.43. The van der Waals surface area contributed by atoms with E-state index in [1.54, 1.807) is 36.4 Å². The van der Waals surface area contributed by atoms with E-state index in [2.05, 4.69) is 15.5 Å². The Morgan fingerprint density at radius 1 is 1.21 bits per heavy atom. The number of amides is 2. The first-order valence-corrected chi connectivity index (χ1v) is 8.28. The number of carbonyl (C=O) groups excluding carboxylic acids is 2. The van der Waals surface area contributed by atoms with Gasteiger partial charge in [0.25, 0.3) is 5.91 Å². The van der Waals surface area contributed by atoms with Crippen LogP contribution in [0.2, 0.25) is 5.02 Å². The van der Waals surface area contributed by atoms with Crippen LogP contribution in [0.5, 0.6) is 0 Å². The zero-order chi connectivity index (χ0) is 16.7. The van der Waals surface area contributed by atoms with E-state index in [1.807, 2.05) is 6.07 Å². The highest BCUT2D eigenvalue weighted by Gasteiger charge is 2.36. The smallest absolute Gasteiger partial charge is 0.255 e. The minimum atomic E-state index is -0.224.